The predicted octanol–water partition coefficient (Wildman–Crippen LogP) is 2.08. The minimum Gasteiger partial charge on any atom is -0.481 e. The lowest BCUT2D eigenvalue weighted by atomic mass is 10.0. The number of methoxy groups -OCH3 is 1. The van der Waals surface area contributed by atoms with E-state index in [2.05, 4.69) is 37.1 Å². The smallest absolute Gasteiger partial charge is 0.238 e. The van der Waals surface area contributed by atoms with E-state index in [1.165, 1.54) is 0 Å². The number of pyridine rings is 1. The van der Waals surface area contributed by atoms with Gasteiger partial charge >= 0.3 is 0 Å². The lowest BCUT2D eigenvalue weighted by Crippen LogP contribution is -2.42. The molecule has 0 aliphatic carbocycles. The molecule has 2 unspecified atom stereocenters. The minimum atomic E-state index is -0.277. The highest BCUT2D eigenvalue weighted by molar-refractivity contribution is 9.10. The molecule has 1 saturated heterocycles. The third kappa shape index (κ3) is 3.92. The van der Waals surface area contributed by atoms with Gasteiger partial charge in [-0.25, -0.2) is 15.8 Å². The van der Waals surface area contributed by atoms with Crippen molar-refractivity contribution < 1.29 is 9.53 Å². The summed E-state index contributed by atoms with van der Waals surface area (Å²) in [5.74, 6) is 0.482. The number of aromatic nitrogens is 1. The van der Waals surface area contributed by atoms with Crippen LogP contribution in [0.2, 0.25) is 0 Å². The molecule has 1 fully saturated rings. The van der Waals surface area contributed by atoms with Gasteiger partial charge in [0.05, 0.1) is 7.11 Å². The second kappa shape index (κ2) is 7.74. The van der Waals surface area contributed by atoms with Crippen LogP contribution in [0.25, 0.3) is 0 Å². The summed E-state index contributed by atoms with van der Waals surface area (Å²) in [5, 5.41) is 2.93. The maximum atomic E-state index is 12.4. The summed E-state index contributed by atoms with van der Waals surface area (Å²) in [4.78, 5) is 16.5. The summed E-state index contributed by atoms with van der Waals surface area (Å²) in [6, 6.07) is 11.6. The maximum absolute atomic E-state index is 12.4. The van der Waals surface area contributed by atoms with Crippen molar-refractivity contribution in [1.29, 1.82) is 0 Å². The Kier molecular flexibility index (Phi) is 5.44. The van der Waals surface area contributed by atoms with E-state index < -0.39 is 0 Å². The van der Waals surface area contributed by atoms with E-state index in [1.54, 1.807) is 13.3 Å². The molecule has 2 heterocycles. The third-order valence-corrected chi connectivity index (χ3v) is 4.52. The summed E-state index contributed by atoms with van der Waals surface area (Å²) in [6.45, 7) is 0.386. The fourth-order valence-corrected chi connectivity index (χ4v) is 2.95. The van der Waals surface area contributed by atoms with Crippen LogP contribution in [0.15, 0.2) is 47.1 Å². The summed E-state index contributed by atoms with van der Waals surface area (Å²) >= 11 is 3.43. The van der Waals surface area contributed by atoms with Gasteiger partial charge in [-0.15, -0.1) is 0 Å². The van der Waals surface area contributed by atoms with Crippen LogP contribution < -0.4 is 20.9 Å². The Bertz CT molecular complexity index is 708. The summed E-state index contributed by atoms with van der Waals surface area (Å²) in [7, 11) is 1.57. The number of hydrogen-bond acceptors (Lipinski definition) is 5. The number of amides is 1. The second-order valence-corrected chi connectivity index (χ2v) is 6.49. The Morgan fingerprint density at radius 1 is 1.33 bits per heavy atom. The number of carbonyl (C=O) groups excluding carboxylic acids is 1. The SMILES string of the molecule is COc1ncccc1CNC(=O)C1CC(c2ccc(Br)cc2)NN1. The zero-order valence-electron chi connectivity index (χ0n) is 13.3. The predicted molar refractivity (Wildman–Crippen MR) is 94.2 cm³/mol. The van der Waals surface area contributed by atoms with Gasteiger partial charge in [-0.05, 0) is 30.2 Å². The van der Waals surface area contributed by atoms with Crippen LogP contribution in [0.4, 0.5) is 0 Å². The van der Waals surface area contributed by atoms with E-state index >= 15 is 0 Å². The van der Waals surface area contributed by atoms with Crippen molar-refractivity contribution in [3.05, 3.63) is 58.2 Å². The molecule has 0 saturated carbocycles. The minimum absolute atomic E-state index is 0.0481. The molecular weight excluding hydrogens is 372 g/mol. The quantitative estimate of drug-likeness (QED) is 0.728. The normalized spacial score (nSPS) is 19.9. The lowest BCUT2D eigenvalue weighted by molar-refractivity contribution is -0.123. The highest BCUT2D eigenvalue weighted by Crippen LogP contribution is 2.24. The van der Waals surface area contributed by atoms with Crippen LogP contribution >= 0.6 is 15.9 Å². The van der Waals surface area contributed by atoms with Crippen LogP contribution in [0, 0.1) is 0 Å². The van der Waals surface area contributed by atoms with Gasteiger partial charge in [0.15, 0.2) is 0 Å². The molecule has 6 nitrogen and oxygen atoms in total. The molecule has 1 aromatic carbocycles. The van der Waals surface area contributed by atoms with E-state index in [-0.39, 0.29) is 18.0 Å². The van der Waals surface area contributed by atoms with Crippen LogP contribution in [0.1, 0.15) is 23.6 Å². The van der Waals surface area contributed by atoms with Crippen molar-refractivity contribution in [1.82, 2.24) is 21.2 Å². The standard InChI is InChI=1S/C17H19BrN4O2/c1-24-17-12(3-2-8-19-17)10-20-16(23)15-9-14(21-22-15)11-4-6-13(18)7-5-11/h2-8,14-15,21-22H,9-10H2,1H3,(H,20,23). The van der Waals surface area contributed by atoms with Gasteiger partial charge < -0.3 is 10.1 Å². The summed E-state index contributed by atoms with van der Waals surface area (Å²) in [6.07, 6.45) is 2.35. The van der Waals surface area contributed by atoms with E-state index in [0.29, 0.717) is 18.8 Å². The first-order valence-corrected chi connectivity index (χ1v) is 8.49. The fourth-order valence-electron chi connectivity index (χ4n) is 2.69. The molecule has 3 rings (SSSR count). The average Bonchev–Trinajstić information content (AvgIpc) is 3.10. The van der Waals surface area contributed by atoms with Crippen molar-refractivity contribution in [2.24, 2.45) is 0 Å². The van der Waals surface area contributed by atoms with Crippen molar-refractivity contribution in [3.8, 4) is 5.88 Å². The zero-order chi connectivity index (χ0) is 16.9. The van der Waals surface area contributed by atoms with Crippen LogP contribution in [-0.2, 0) is 11.3 Å². The van der Waals surface area contributed by atoms with Gasteiger partial charge in [-0.1, -0.05) is 34.1 Å². The van der Waals surface area contributed by atoms with Crippen molar-refractivity contribution >= 4 is 21.8 Å². The van der Waals surface area contributed by atoms with Gasteiger partial charge in [-0.2, -0.15) is 0 Å². The first-order valence-electron chi connectivity index (χ1n) is 7.69. The molecule has 2 aromatic rings. The molecule has 0 bridgehead atoms. The Balaban J connectivity index is 1.56. The number of hydrogen-bond donors (Lipinski definition) is 3. The number of ether oxygens (including phenoxy) is 1. The Hall–Kier alpha value is -1.96. The van der Waals surface area contributed by atoms with Crippen LogP contribution in [-0.4, -0.2) is 24.0 Å². The van der Waals surface area contributed by atoms with E-state index in [1.807, 2.05) is 36.4 Å². The van der Waals surface area contributed by atoms with Gasteiger partial charge in [0, 0.05) is 28.8 Å². The molecule has 1 aliphatic rings. The maximum Gasteiger partial charge on any atom is 0.238 e. The number of nitrogens with zero attached hydrogens (tertiary/aromatic N) is 1. The molecule has 3 N–H and O–H groups in total. The van der Waals surface area contributed by atoms with Gasteiger partial charge in [0.1, 0.15) is 6.04 Å². The molecule has 1 aliphatic heterocycles. The van der Waals surface area contributed by atoms with Crippen LogP contribution in [0.3, 0.4) is 0 Å². The van der Waals surface area contributed by atoms with E-state index in [0.717, 1.165) is 15.6 Å². The fraction of sp³-hybridized carbons (Fsp3) is 0.294. The number of nitrogens with one attached hydrogen (secondary N) is 3. The molecule has 2 atom stereocenters. The van der Waals surface area contributed by atoms with Crippen molar-refractivity contribution in [2.45, 2.75) is 25.0 Å². The zero-order valence-corrected chi connectivity index (χ0v) is 14.8. The largest absolute Gasteiger partial charge is 0.481 e. The topological polar surface area (TPSA) is 75.3 Å². The van der Waals surface area contributed by atoms with Gasteiger partial charge in [-0.3, -0.25) is 4.79 Å². The molecule has 0 radical (unpaired) electrons. The third-order valence-electron chi connectivity index (χ3n) is 3.99. The first kappa shape index (κ1) is 16.9. The van der Waals surface area contributed by atoms with E-state index in [4.69, 9.17) is 4.74 Å². The number of carbonyl (C=O) groups is 1. The molecule has 1 aromatic heterocycles. The Morgan fingerprint density at radius 3 is 2.88 bits per heavy atom. The van der Waals surface area contributed by atoms with Gasteiger partial charge in [0.25, 0.3) is 0 Å². The monoisotopic (exact) mass is 390 g/mol. The van der Waals surface area contributed by atoms with Gasteiger partial charge in [0.2, 0.25) is 11.8 Å². The van der Waals surface area contributed by atoms with Crippen molar-refractivity contribution in [3.63, 3.8) is 0 Å². The highest BCUT2D eigenvalue weighted by Gasteiger charge is 2.30. The Labute approximate surface area is 149 Å². The number of hydrazine groups is 1. The Morgan fingerprint density at radius 2 is 2.12 bits per heavy atom. The molecule has 7 heteroatoms. The summed E-state index contributed by atoms with van der Waals surface area (Å²) in [5.41, 5.74) is 8.24. The number of rotatable bonds is 5. The first-order chi connectivity index (χ1) is 11.7. The molecular formula is C17H19BrN4O2. The average molecular weight is 391 g/mol. The highest BCUT2D eigenvalue weighted by atomic mass is 79.9. The lowest BCUT2D eigenvalue weighted by Gasteiger charge is -2.12. The molecule has 1 amide bonds. The van der Waals surface area contributed by atoms with E-state index in [9.17, 15) is 4.79 Å². The van der Waals surface area contributed by atoms with Crippen molar-refractivity contribution in [2.75, 3.05) is 7.11 Å². The molecule has 126 valence electrons. The molecule has 0 spiro atoms. The molecule has 24 heavy (non-hydrogen) atoms. The summed E-state index contributed by atoms with van der Waals surface area (Å²) < 4.78 is 6.23. The number of halogens is 1. The number of benzene rings is 1. The van der Waals surface area contributed by atoms with Crippen LogP contribution in [0.5, 0.6) is 5.88 Å². The second-order valence-electron chi connectivity index (χ2n) is 5.57.